The van der Waals surface area contributed by atoms with Crippen molar-refractivity contribution >= 4 is 0 Å². The predicted molar refractivity (Wildman–Crippen MR) is 76.6 cm³/mol. The van der Waals surface area contributed by atoms with E-state index in [-0.39, 0.29) is 6.04 Å². The van der Waals surface area contributed by atoms with E-state index in [0.717, 1.165) is 29.4 Å². The molecule has 1 N–H and O–H groups in total. The number of hydrogen-bond acceptors (Lipinski definition) is 3. The van der Waals surface area contributed by atoms with Crippen molar-refractivity contribution in [2.24, 2.45) is 7.05 Å². The van der Waals surface area contributed by atoms with Crippen LogP contribution in [-0.4, -0.2) is 16.3 Å². The lowest BCUT2D eigenvalue weighted by Crippen LogP contribution is -2.18. The van der Waals surface area contributed by atoms with Gasteiger partial charge in [-0.25, -0.2) is 4.68 Å². The average Bonchev–Trinajstić information content (AvgIpc) is 2.69. The van der Waals surface area contributed by atoms with Gasteiger partial charge >= 0.3 is 0 Å². The van der Waals surface area contributed by atoms with Crippen LogP contribution in [0.2, 0.25) is 0 Å². The second-order valence-corrected chi connectivity index (χ2v) is 4.67. The van der Waals surface area contributed by atoms with E-state index in [1.807, 2.05) is 38.2 Å². The van der Waals surface area contributed by atoms with Gasteiger partial charge in [0, 0.05) is 24.7 Å². The maximum Gasteiger partial charge on any atom is 0.217 e. The number of aryl methyl sites for hydroxylation is 2. The van der Waals surface area contributed by atoms with Crippen LogP contribution >= 0.6 is 0 Å². The molecule has 2 rings (SSSR count). The Kier molecular flexibility index (Phi) is 4.22. The van der Waals surface area contributed by atoms with Crippen LogP contribution in [-0.2, 0) is 7.05 Å². The van der Waals surface area contributed by atoms with Crippen molar-refractivity contribution in [3.63, 3.8) is 0 Å². The highest BCUT2D eigenvalue weighted by molar-refractivity contribution is 5.38. The highest BCUT2D eigenvalue weighted by atomic mass is 16.5. The molecule has 0 aliphatic rings. The number of para-hydroxylation sites is 1. The summed E-state index contributed by atoms with van der Waals surface area (Å²) in [5.74, 6) is 1.63. The molecule has 0 saturated carbocycles. The number of aromatic nitrogens is 2. The van der Waals surface area contributed by atoms with Crippen LogP contribution in [0.4, 0.5) is 0 Å². The fraction of sp³-hybridized carbons (Fsp3) is 0.400. The summed E-state index contributed by atoms with van der Waals surface area (Å²) in [6.45, 7) is 7.13. The molecule has 4 nitrogen and oxygen atoms in total. The molecular formula is C15H21N3O. The largest absolute Gasteiger partial charge is 0.439 e. The minimum absolute atomic E-state index is 0.260. The summed E-state index contributed by atoms with van der Waals surface area (Å²) in [7, 11) is 1.89. The van der Waals surface area contributed by atoms with Crippen molar-refractivity contribution < 1.29 is 4.74 Å². The van der Waals surface area contributed by atoms with E-state index in [0.29, 0.717) is 0 Å². The molecule has 2 aromatic rings. The van der Waals surface area contributed by atoms with Crippen molar-refractivity contribution in [1.29, 1.82) is 0 Å². The molecule has 0 spiro atoms. The topological polar surface area (TPSA) is 39.1 Å². The number of hydrogen-bond donors (Lipinski definition) is 1. The van der Waals surface area contributed by atoms with Crippen molar-refractivity contribution in [3.8, 4) is 11.6 Å². The Morgan fingerprint density at radius 2 is 2.11 bits per heavy atom. The molecule has 102 valence electrons. The van der Waals surface area contributed by atoms with E-state index in [2.05, 4.69) is 30.3 Å². The first-order chi connectivity index (χ1) is 9.11. The summed E-state index contributed by atoms with van der Waals surface area (Å²) >= 11 is 0. The summed E-state index contributed by atoms with van der Waals surface area (Å²) < 4.78 is 7.74. The normalized spacial score (nSPS) is 12.4. The summed E-state index contributed by atoms with van der Waals surface area (Å²) in [6.07, 6.45) is 0. The SMILES string of the molecule is CCNC(C)c1ccccc1Oc1cc(C)nn1C. The van der Waals surface area contributed by atoms with E-state index < -0.39 is 0 Å². The molecule has 0 saturated heterocycles. The Bertz CT molecular complexity index is 548. The third-order valence-corrected chi connectivity index (χ3v) is 3.07. The van der Waals surface area contributed by atoms with Gasteiger partial charge in [0.05, 0.1) is 5.69 Å². The predicted octanol–water partition coefficient (Wildman–Crippen LogP) is 3.19. The van der Waals surface area contributed by atoms with E-state index in [9.17, 15) is 0 Å². The van der Waals surface area contributed by atoms with Crippen LogP contribution in [0.25, 0.3) is 0 Å². The second-order valence-electron chi connectivity index (χ2n) is 4.67. The molecule has 0 aliphatic heterocycles. The van der Waals surface area contributed by atoms with Crippen molar-refractivity contribution in [1.82, 2.24) is 15.1 Å². The van der Waals surface area contributed by atoms with Crippen LogP contribution in [0.5, 0.6) is 11.6 Å². The van der Waals surface area contributed by atoms with Crippen molar-refractivity contribution in [2.75, 3.05) is 6.54 Å². The van der Waals surface area contributed by atoms with Crippen molar-refractivity contribution in [2.45, 2.75) is 26.8 Å². The van der Waals surface area contributed by atoms with Crippen LogP contribution in [0.15, 0.2) is 30.3 Å². The summed E-state index contributed by atoms with van der Waals surface area (Å²) in [5.41, 5.74) is 2.11. The Morgan fingerprint density at radius 1 is 1.37 bits per heavy atom. The Labute approximate surface area is 114 Å². The molecule has 0 fully saturated rings. The van der Waals surface area contributed by atoms with Gasteiger partial charge in [0.15, 0.2) is 0 Å². The molecule has 1 aromatic heterocycles. The quantitative estimate of drug-likeness (QED) is 0.896. The molecule has 1 unspecified atom stereocenters. The molecule has 0 radical (unpaired) electrons. The Balaban J connectivity index is 2.27. The molecule has 0 aliphatic carbocycles. The molecule has 1 atom stereocenters. The minimum atomic E-state index is 0.260. The third kappa shape index (κ3) is 3.15. The molecule has 0 amide bonds. The molecule has 1 aromatic carbocycles. The van der Waals surface area contributed by atoms with Gasteiger partial charge in [-0.1, -0.05) is 25.1 Å². The molecule has 1 heterocycles. The average molecular weight is 259 g/mol. The van der Waals surface area contributed by atoms with Crippen LogP contribution in [0.3, 0.4) is 0 Å². The van der Waals surface area contributed by atoms with Gasteiger partial charge < -0.3 is 10.1 Å². The minimum Gasteiger partial charge on any atom is -0.439 e. The third-order valence-electron chi connectivity index (χ3n) is 3.07. The zero-order valence-electron chi connectivity index (χ0n) is 12.0. The highest BCUT2D eigenvalue weighted by Crippen LogP contribution is 2.29. The summed E-state index contributed by atoms with van der Waals surface area (Å²) in [6, 6.07) is 10.3. The maximum absolute atomic E-state index is 5.99. The fourth-order valence-electron chi connectivity index (χ4n) is 2.14. The van der Waals surface area contributed by atoms with Crippen LogP contribution in [0, 0.1) is 6.92 Å². The maximum atomic E-state index is 5.99. The van der Waals surface area contributed by atoms with Gasteiger partial charge in [-0.15, -0.1) is 0 Å². The first-order valence-corrected chi connectivity index (χ1v) is 6.62. The number of nitrogens with zero attached hydrogens (tertiary/aromatic N) is 2. The van der Waals surface area contributed by atoms with Gasteiger partial charge in [0.25, 0.3) is 0 Å². The van der Waals surface area contributed by atoms with E-state index in [4.69, 9.17) is 4.74 Å². The lowest BCUT2D eigenvalue weighted by molar-refractivity contribution is 0.419. The van der Waals surface area contributed by atoms with Gasteiger partial charge in [0.1, 0.15) is 5.75 Å². The fourth-order valence-corrected chi connectivity index (χ4v) is 2.14. The van der Waals surface area contributed by atoms with Crippen LogP contribution < -0.4 is 10.1 Å². The summed E-state index contributed by atoms with van der Waals surface area (Å²) in [4.78, 5) is 0. The lowest BCUT2D eigenvalue weighted by atomic mass is 10.1. The van der Waals surface area contributed by atoms with E-state index in [1.165, 1.54) is 0 Å². The standard InChI is InChI=1S/C15H21N3O/c1-5-16-12(3)13-8-6-7-9-14(13)19-15-10-11(2)17-18(15)4/h6-10,12,16H,5H2,1-4H3. The molecule has 0 bridgehead atoms. The Morgan fingerprint density at radius 3 is 2.74 bits per heavy atom. The zero-order valence-corrected chi connectivity index (χ0v) is 12.0. The van der Waals surface area contributed by atoms with E-state index >= 15 is 0 Å². The monoisotopic (exact) mass is 259 g/mol. The van der Waals surface area contributed by atoms with Crippen LogP contribution in [0.1, 0.15) is 31.1 Å². The number of nitrogens with one attached hydrogen (secondary N) is 1. The van der Waals surface area contributed by atoms with Gasteiger partial charge in [0.2, 0.25) is 5.88 Å². The van der Waals surface area contributed by atoms with Crippen molar-refractivity contribution in [3.05, 3.63) is 41.6 Å². The van der Waals surface area contributed by atoms with Gasteiger partial charge in [-0.05, 0) is 26.5 Å². The Hall–Kier alpha value is -1.81. The first kappa shape index (κ1) is 13.6. The second kappa shape index (κ2) is 5.89. The molecule has 19 heavy (non-hydrogen) atoms. The smallest absolute Gasteiger partial charge is 0.217 e. The van der Waals surface area contributed by atoms with Gasteiger partial charge in [-0.3, -0.25) is 0 Å². The summed E-state index contributed by atoms with van der Waals surface area (Å²) in [5, 5.41) is 7.70. The molecular weight excluding hydrogens is 238 g/mol. The van der Waals surface area contributed by atoms with Gasteiger partial charge in [-0.2, -0.15) is 5.10 Å². The zero-order chi connectivity index (χ0) is 13.8. The first-order valence-electron chi connectivity index (χ1n) is 6.62. The number of rotatable bonds is 5. The highest BCUT2D eigenvalue weighted by Gasteiger charge is 2.12. The lowest BCUT2D eigenvalue weighted by Gasteiger charge is -2.17. The number of benzene rings is 1. The molecule has 4 heteroatoms. The van der Waals surface area contributed by atoms with E-state index in [1.54, 1.807) is 4.68 Å². The number of ether oxygens (including phenoxy) is 1.